The predicted octanol–water partition coefficient (Wildman–Crippen LogP) is 4.43. The van der Waals surface area contributed by atoms with Crippen molar-refractivity contribution in [3.8, 4) is 0 Å². The maximum Gasteiger partial charge on any atom is 0.433 e. The zero-order valence-corrected chi connectivity index (χ0v) is 12.2. The third kappa shape index (κ3) is 4.30. The summed E-state index contributed by atoms with van der Waals surface area (Å²) in [5.41, 5.74) is -0.861. The molecule has 1 heterocycles. The second-order valence-electron chi connectivity index (χ2n) is 4.35. The van der Waals surface area contributed by atoms with Crippen LogP contribution >= 0.6 is 11.8 Å². The highest BCUT2D eigenvalue weighted by Crippen LogP contribution is 2.31. The van der Waals surface area contributed by atoms with Crippen molar-refractivity contribution in [1.29, 1.82) is 0 Å². The normalized spacial score (nSPS) is 12.5. The van der Waals surface area contributed by atoms with Crippen molar-refractivity contribution in [1.82, 2.24) is 4.98 Å². The molecular formula is C13H19F3N2S. The van der Waals surface area contributed by atoms with E-state index in [1.807, 2.05) is 6.26 Å². The summed E-state index contributed by atoms with van der Waals surface area (Å²) < 4.78 is 37.7. The fourth-order valence-corrected chi connectivity index (χ4v) is 2.60. The Morgan fingerprint density at radius 1 is 1.21 bits per heavy atom. The molecule has 0 saturated heterocycles. The molecule has 0 saturated carbocycles. The number of pyridine rings is 1. The van der Waals surface area contributed by atoms with Crippen molar-refractivity contribution < 1.29 is 13.2 Å². The molecule has 1 aromatic rings. The molecule has 19 heavy (non-hydrogen) atoms. The Hall–Kier alpha value is -0.910. The maximum absolute atomic E-state index is 12.5. The molecule has 0 spiro atoms. The quantitative estimate of drug-likeness (QED) is 0.839. The van der Waals surface area contributed by atoms with Gasteiger partial charge in [-0.15, -0.1) is 0 Å². The molecule has 1 rings (SSSR count). The zero-order valence-electron chi connectivity index (χ0n) is 11.3. The Labute approximate surface area is 116 Å². The summed E-state index contributed by atoms with van der Waals surface area (Å²) in [6, 6.07) is 3.91. The Morgan fingerprint density at radius 2 is 1.84 bits per heavy atom. The Bertz CT molecular complexity index is 395. The first-order chi connectivity index (χ1) is 8.87. The van der Waals surface area contributed by atoms with Crippen LogP contribution in [0, 0.1) is 0 Å². The van der Waals surface area contributed by atoms with Gasteiger partial charge in [0.15, 0.2) is 0 Å². The van der Waals surface area contributed by atoms with Crippen LogP contribution in [0.2, 0.25) is 0 Å². The van der Waals surface area contributed by atoms with Gasteiger partial charge in [-0.05, 0) is 31.2 Å². The average Bonchev–Trinajstić information content (AvgIpc) is 2.40. The van der Waals surface area contributed by atoms with E-state index in [1.54, 1.807) is 17.8 Å². The van der Waals surface area contributed by atoms with Crippen molar-refractivity contribution in [3.05, 3.63) is 23.9 Å². The van der Waals surface area contributed by atoms with Crippen LogP contribution in [0.5, 0.6) is 0 Å². The summed E-state index contributed by atoms with van der Waals surface area (Å²) in [5, 5.41) is 3.02. The predicted molar refractivity (Wildman–Crippen MR) is 74.6 cm³/mol. The van der Waals surface area contributed by atoms with Crippen molar-refractivity contribution in [2.75, 3.05) is 18.1 Å². The van der Waals surface area contributed by atoms with Crippen LogP contribution < -0.4 is 5.32 Å². The van der Waals surface area contributed by atoms with Gasteiger partial charge in [0, 0.05) is 11.3 Å². The van der Waals surface area contributed by atoms with E-state index in [0.717, 1.165) is 18.9 Å². The fourth-order valence-electron chi connectivity index (χ4n) is 1.80. The molecule has 0 radical (unpaired) electrons. The van der Waals surface area contributed by atoms with E-state index < -0.39 is 11.9 Å². The van der Waals surface area contributed by atoms with Crippen molar-refractivity contribution in [2.45, 2.75) is 37.6 Å². The highest BCUT2D eigenvalue weighted by molar-refractivity contribution is 8.00. The highest BCUT2D eigenvalue weighted by Gasteiger charge is 2.32. The van der Waals surface area contributed by atoms with Gasteiger partial charge in [-0.3, -0.25) is 0 Å². The molecule has 0 amide bonds. The number of rotatable bonds is 6. The van der Waals surface area contributed by atoms with Gasteiger partial charge in [-0.2, -0.15) is 24.9 Å². The van der Waals surface area contributed by atoms with E-state index in [2.05, 4.69) is 24.1 Å². The van der Waals surface area contributed by atoms with Gasteiger partial charge < -0.3 is 5.32 Å². The molecule has 2 nitrogen and oxygen atoms in total. The van der Waals surface area contributed by atoms with Crippen molar-refractivity contribution in [3.63, 3.8) is 0 Å². The summed E-state index contributed by atoms with van der Waals surface area (Å²) >= 11 is 1.73. The third-order valence-corrected chi connectivity index (χ3v) is 4.94. The number of hydrogen-bond acceptors (Lipinski definition) is 3. The maximum atomic E-state index is 12.5. The van der Waals surface area contributed by atoms with Crippen LogP contribution in [-0.2, 0) is 6.18 Å². The topological polar surface area (TPSA) is 24.9 Å². The van der Waals surface area contributed by atoms with E-state index in [9.17, 15) is 13.2 Å². The molecule has 0 atom stereocenters. The lowest BCUT2D eigenvalue weighted by molar-refractivity contribution is -0.141. The summed E-state index contributed by atoms with van der Waals surface area (Å²) in [5.74, 6) is 0.273. The Morgan fingerprint density at radius 3 is 2.32 bits per heavy atom. The first kappa shape index (κ1) is 16.1. The second-order valence-corrected chi connectivity index (χ2v) is 5.63. The second kappa shape index (κ2) is 6.50. The SMILES string of the molecule is CCC(CC)(CNc1cccc(C(F)(F)F)n1)SC. The highest BCUT2D eigenvalue weighted by atomic mass is 32.2. The van der Waals surface area contributed by atoms with Gasteiger partial charge in [0.25, 0.3) is 0 Å². The Balaban J connectivity index is 2.78. The number of halogens is 3. The van der Waals surface area contributed by atoms with E-state index in [1.165, 1.54) is 6.07 Å². The summed E-state index contributed by atoms with van der Waals surface area (Å²) in [4.78, 5) is 3.60. The van der Waals surface area contributed by atoms with Crippen LogP contribution in [-0.4, -0.2) is 22.5 Å². The zero-order chi connectivity index (χ0) is 14.5. The Kier molecular flexibility index (Phi) is 5.52. The molecule has 0 unspecified atom stereocenters. The minimum atomic E-state index is -4.40. The number of nitrogens with zero attached hydrogens (tertiary/aromatic N) is 1. The molecule has 6 heteroatoms. The molecule has 0 bridgehead atoms. The number of alkyl halides is 3. The molecule has 0 aromatic carbocycles. The number of anilines is 1. The first-order valence-corrected chi connectivity index (χ1v) is 7.42. The number of hydrogen-bond donors (Lipinski definition) is 1. The van der Waals surface area contributed by atoms with Gasteiger partial charge in [0.2, 0.25) is 0 Å². The third-order valence-electron chi connectivity index (χ3n) is 3.35. The molecule has 0 fully saturated rings. The molecule has 108 valence electrons. The van der Waals surface area contributed by atoms with Crippen LogP contribution in [0.3, 0.4) is 0 Å². The summed E-state index contributed by atoms with van der Waals surface area (Å²) in [6.07, 6.45) is -0.467. The minimum absolute atomic E-state index is 0.0376. The van der Waals surface area contributed by atoms with Gasteiger partial charge in [0.1, 0.15) is 11.5 Å². The lowest BCUT2D eigenvalue weighted by Gasteiger charge is -2.30. The average molecular weight is 292 g/mol. The largest absolute Gasteiger partial charge is 0.433 e. The number of aromatic nitrogens is 1. The van der Waals surface area contributed by atoms with E-state index in [-0.39, 0.29) is 10.6 Å². The van der Waals surface area contributed by atoms with Crippen LogP contribution in [0.4, 0.5) is 19.0 Å². The number of nitrogens with one attached hydrogen (secondary N) is 1. The molecule has 0 aliphatic heterocycles. The van der Waals surface area contributed by atoms with E-state index in [4.69, 9.17) is 0 Å². The standard InChI is InChI=1S/C13H19F3N2S/c1-4-12(5-2,19-3)9-17-11-8-6-7-10(18-11)13(14,15)16/h6-8H,4-5,9H2,1-3H3,(H,17,18). The first-order valence-electron chi connectivity index (χ1n) is 6.20. The van der Waals surface area contributed by atoms with Gasteiger partial charge >= 0.3 is 6.18 Å². The lowest BCUT2D eigenvalue weighted by Crippen LogP contribution is -2.32. The summed E-state index contributed by atoms with van der Waals surface area (Å²) in [6.45, 7) is 4.78. The van der Waals surface area contributed by atoms with E-state index in [0.29, 0.717) is 6.54 Å². The van der Waals surface area contributed by atoms with Crippen LogP contribution in [0.1, 0.15) is 32.4 Å². The van der Waals surface area contributed by atoms with Crippen LogP contribution in [0.25, 0.3) is 0 Å². The fraction of sp³-hybridized carbons (Fsp3) is 0.615. The van der Waals surface area contributed by atoms with Gasteiger partial charge in [0.05, 0.1) is 0 Å². The summed E-state index contributed by atoms with van der Waals surface area (Å²) in [7, 11) is 0. The molecular weight excluding hydrogens is 273 g/mol. The monoisotopic (exact) mass is 292 g/mol. The molecule has 1 aromatic heterocycles. The minimum Gasteiger partial charge on any atom is -0.369 e. The smallest absolute Gasteiger partial charge is 0.369 e. The molecule has 0 aliphatic rings. The van der Waals surface area contributed by atoms with Crippen LogP contribution in [0.15, 0.2) is 18.2 Å². The van der Waals surface area contributed by atoms with Gasteiger partial charge in [-0.1, -0.05) is 19.9 Å². The van der Waals surface area contributed by atoms with Crippen molar-refractivity contribution in [2.24, 2.45) is 0 Å². The van der Waals surface area contributed by atoms with Crippen molar-refractivity contribution >= 4 is 17.6 Å². The van der Waals surface area contributed by atoms with Gasteiger partial charge in [-0.25, -0.2) is 4.98 Å². The van der Waals surface area contributed by atoms with E-state index >= 15 is 0 Å². The molecule has 0 aliphatic carbocycles. The number of thioether (sulfide) groups is 1. The lowest BCUT2D eigenvalue weighted by atomic mass is 10.0. The molecule has 1 N–H and O–H groups in total.